The van der Waals surface area contributed by atoms with Gasteiger partial charge >= 0.3 is 0 Å². The van der Waals surface area contributed by atoms with Gasteiger partial charge in [0, 0.05) is 24.1 Å². The van der Waals surface area contributed by atoms with Gasteiger partial charge in [0.1, 0.15) is 11.5 Å². The zero-order valence-electron chi connectivity index (χ0n) is 13.8. The molecule has 4 aromatic rings. The Morgan fingerprint density at radius 1 is 1.19 bits per heavy atom. The van der Waals surface area contributed by atoms with Gasteiger partial charge in [0.05, 0.1) is 28.9 Å². The van der Waals surface area contributed by atoms with Crippen LogP contribution in [0.15, 0.2) is 42.9 Å². The molecule has 3 heterocycles. The minimum Gasteiger partial charge on any atom is -0.360 e. The summed E-state index contributed by atoms with van der Waals surface area (Å²) in [6.07, 6.45) is 3.12. The van der Waals surface area contributed by atoms with Crippen molar-refractivity contribution in [2.75, 3.05) is 5.88 Å². The van der Waals surface area contributed by atoms with Gasteiger partial charge in [-0.15, -0.1) is 16.1 Å². The maximum absolute atomic E-state index is 13.6. The quantitative estimate of drug-likeness (QED) is 0.363. The fourth-order valence-electron chi connectivity index (χ4n) is 2.83. The number of alkyl halides is 1. The smallest absolute Gasteiger partial charge is 0.275 e. The van der Waals surface area contributed by atoms with Gasteiger partial charge in [-0.1, -0.05) is 23.3 Å². The first-order chi connectivity index (χ1) is 13.1. The van der Waals surface area contributed by atoms with Crippen LogP contribution in [-0.4, -0.2) is 30.0 Å². The third kappa shape index (κ3) is 3.03. The molecule has 0 saturated carbocycles. The van der Waals surface area contributed by atoms with Crippen LogP contribution in [-0.2, 0) is 6.54 Å². The first-order valence-corrected chi connectivity index (χ1v) is 8.82. The molecule has 0 bridgehead atoms. The van der Waals surface area contributed by atoms with Crippen LogP contribution >= 0.6 is 23.2 Å². The summed E-state index contributed by atoms with van der Waals surface area (Å²) < 4.78 is 16.9. The van der Waals surface area contributed by atoms with Crippen molar-refractivity contribution in [1.29, 1.82) is 0 Å². The highest BCUT2D eigenvalue weighted by atomic mass is 35.5. The molecule has 134 valence electrons. The van der Waals surface area contributed by atoms with Crippen LogP contribution in [0.4, 0.5) is 10.2 Å². The van der Waals surface area contributed by atoms with Crippen LogP contribution in [0.25, 0.3) is 33.1 Å². The number of hydrogen-bond acceptors (Lipinski definition) is 3. The maximum atomic E-state index is 13.6. The van der Waals surface area contributed by atoms with E-state index in [-0.39, 0.29) is 5.02 Å². The van der Waals surface area contributed by atoms with Gasteiger partial charge in [0.2, 0.25) is 5.65 Å². The first kappa shape index (κ1) is 17.5. The second-order valence-corrected chi connectivity index (χ2v) is 6.45. The number of aryl methyl sites for hydroxylation is 1. The lowest BCUT2D eigenvalue weighted by molar-refractivity contribution is 0.628. The van der Waals surface area contributed by atoms with Crippen LogP contribution in [0.5, 0.6) is 0 Å². The molecule has 0 radical (unpaired) electrons. The number of hydrogen-bond donors (Lipinski definition) is 0. The third-order valence-electron chi connectivity index (χ3n) is 4.06. The second kappa shape index (κ2) is 6.99. The molecule has 4 rings (SSSR count). The van der Waals surface area contributed by atoms with Crippen molar-refractivity contribution < 1.29 is 4.39 Å². The van der Waals surface area contributed by atoms with Crippen LogP contribution < -0.4 is 0 Å². The van der Waals surface area contributed by atoms with Gasteiger partial charge < -0.3 is 9.41 Å². The minimum atomic E-state index is -0.498. The Morgan fingerprint density at radius 2 is 2.04 bits per heavy atom. The Hall–Kier alpha value is -2.95. The second-order valence-electron chi connectivity index (χ2n) is 5.67. The van der Waals surface area contributed by atoms with E-state index >= 15 is 0 Å². The summed E-state index contributed by atoms with van der Waals surface area (Å²) in [7, 11) is 0. The molecule has 9 heteroatoms. The lowest BCUT2D eigenvalue weighted by atomic mass is 10.1. The van der Waals surface area contributed by atoms with E-state index in [0.29, 0.717) is 46.5 Å². The molecule has 0 amide bonds. The van der Waals surface area contributed by atoms with Gasteiger partial charge in [-0.2, -0.15) is 0 Å². The molecule has 6 nitrogen and oxygen atoms in total. The number of aromatic nitrogens is 5. The molecule has 0 saturated heterocycles. The highest BCUT2D eigenvalue weighted by Crippen LogP contribution is 2.32. The molecule has 0 aliphatic carbocycles. The van der Waals surface area contributed by atoms with Crippen molar-refractivity contribution in [1.82, 2.24) is 24.1 Å². The van der Waals surface area contributed by atoms with Gasteiger partial charge in [0.15, 0.2) is 0 Å². The summed E-state index contributed by atoms with van der Waals surface area (Å²) in [6.45, 7) is 7.77. The van der Waals surface area contributed by atoms with E-state index in [4.69, 9.17) is 29.8 Å². The highest BCUT2D eigenvalue weighted by molar-refractivity contribution is 6.31. The van der Waals surface area contributed by atoms with Crippen molar-refractivity contribution in [3.05, 3.63) is 65.1 Å². The van der Waals surface area contributed by atoms with Crippen LogP contribution in [0.1, 0.15) is 0 Å². The predicted molar refractivity (Wildman–Crippen MR) is 102 cm³/mol. The average Bonchev–Trinajstić information content (AvgIpc) is 3.27. The summed E-state index contributed by atoms with van der Waals surface area (Å²) in [4.78, 5) is 12.0. The summed E-state index contributed by atoms with van der Waals surface area (Å²) >= 11 is 11.9. The molecule has 0 aliphatic heterocycles. The number of nitrogens with zero attached hydrogens (tertiary/aromatic N) is 6. The summed E-state index contributed by atoms with van der Waals surface area (Å²) in [6, 6.07) is 8.00. The van der Waals surface area contributed by atoms with Crippen LogP contribution in [0.3, 0.4) is 0 Å². The number of halogens is 3. The SMILES string of the molecule is [C-]#[N+]c1cnc2ccc(-c3c(-c4ccc(F)c(Cl)c4)ncn3CCCl)nn12. The monoisotopic (exact) mass is 400 g/mol. The van der Waals surface area contributed by atoms with E-state index in [2.05, 4.69) is 19.9 Å². The topological polar surface area (TPSA) is 52.4 Å². The Labute approximate surface area is 163 Å². The Morgan fingerprint density at radius 3 is 2.78 bits per heavy atom. The molecular weight excluding hydrogens is 390 g/mol. The van der Waals surface area contributed by atoms with Crippen molar-refractivity contribution in [3.63, 3.8) is 0 Å². The Balaban J connectivity index is 1.94. The molecule has 0 N–H and O–H groups in total. The standard InChI is InChI=1S/C18H11Cl2FN6/c1-22-16-9-23-15-5-4-14(25-27(15)16)18-17(24-10-26(18)7-6-19)11-2-3-13(21)12(20)8-11/h2-5,8-10H,6-7H2. The molecule has 0 atom stereocenters. The molecule has 0 unspecified atom stereocenters. The van der Waals surface area contributed by atoms with E-state index in [1.54, 1.807) is 24.5 Å². The zero-order valence-corrected chi connectivity index (χ0v) is 15.3. The zero-order chi connectivity index (χ0) is 19.0. The van der Waals surface area contributed by atoms with E-state index in [9.17, 15) is 4.39 Å². The molecule has 3 aromatic heterocycles. The summed E-state index contributed by atoms with van der Waals surface area (Å²) in [5.41, 5.74) is 3.11. The van der Waals surface area contributed by atoms with Gasteiger partial charge in [0.25, 0.3) is 5.82 Å². The van der Waals surface area contributed by atoms with E-state index < -0.39 is 5.82 Å². The molecule has 27 heavy (non-hydrogen) atoms. The minimum absolute atomic E-state index is 0.0126. The Kier molecular flexibility index (Phi) is 4.52. The van der Waals surface area contributed by atoms with Crippen molar-refractivity contribution in [3.8, 4) is 22.6 Å². The molecule has 0 fully saturated rings. The van der Waals surface area contributed by atoms with Crippen LogP contribution in [0.2, 0.25) is 5.02 Å². The fraction of sp³-hybridized carbons (Fsp3) is 0.111. The van der Waals surface area contributed by atoms with E-state index in [1.807, 2.05) is 4.57 Å². The van der Waals surface area contributed by atoms with E-state index in [1.165, 1.54) is 22.8 Å². The number of imidazole rings is 2. The van der Waals surface area contributed by atoms with Gasteiger partial charge in [-0.25, -0.2) is 14.4 Å². The molecule has 0 aliphatic rings. The number of benzene rings is 1. The van der Waals surface area contributed by atoms with Gasteiger partial charge in [-0.05, 0) is 24.3 Å². The first-order valence-electron chi connectivity index (χ1n) is 7.91. The normalized spacial score (nSPS) is 11.0. The molecular formula is C18H11Cl2FN6. The largest absolute Gasteiger partial charge is 0.360 e. The third-order valence-corrected chi connectivity index (χ3v) is 4.52. The highest BCUT2D eigenvalue weighted by Gasteiger charge is 2.19. The lowest BCUT2D eigenvalue weighted by Gasteiger charge is -2.08. The lowest BCUT2D eigenvalue weighted by Crippen LogP contribution is -2.03. The van der Waals surface area contributed by atoms with Crippen molar-refractivity contribution in [2.24, 2.45) is 0 Å². The average molecular weight is 401 g/mol. The summed E-state index contributed by atoms with van der Waals surface area (Å²) in [5, 5.41) is 4.56. The fourth-order valence-corrected chi connectivity index (χ4v) is 3.19. The van der Waals surface area contributed by atoms with Gasteiger partial charge in [-0.3, -0.25) is 0 Å². The predicted octanol–water partition coefficient (Wildman–Crippen LogP) is 4.84. The maximum Gasteiger partial charge on any atom is 0.275 e. The molecule has 1 aromatic carbocycles. The van der Waals surface area contributed by atoms with E-state index in [0.717, 1.165) is 0 Å². The Bertz CT molecular complexity index is 1190. The van der Waals surface area contributed by atoms with Crippen molar-refractivity contribution >= 4 is 34.7 Å². The number of fused-ring (bicyclic) bond motifs is 1. The van der Waals surface area contributed by atoms with Crippen molar-refractivity contribution in [2.45, 2.75) is 6.54 Å². The molecule has 0 spiro atoms. The number of rotatable bonds is 4. The van der Waals surface area contributed by atoms with Crippen LogP contribution in [0, 0.1) is 12.4 Å². The summed E-state index contributed by atoms with van der Waals surface area (Å²) in [5.74, 6) is 0.191.